The number of piperidine rings is 1. The number of rotatable bonds is 6. The Morgan fingerprint density at radius 2 is 1.38 bits per heavy atom. The molecule has 0 bridgehead atoms. The molecule has 1 N–H and O–H groups in total. The smallest absolute Gasteiger partial charge is 0.270 e. The molecule has 2 aliphatic heterocycles. The first-order chi connectivity index (χ1) is 20.0. The van der Waals surface area contributed by atoms with E-state index in [9.17, 15) is 9.59 Å². The Labute approximate surface area is 255 Å². The molecule has 42 heavy (non-hydrogen) atoms. The van der Waals surface area contributed by atoms with Gasteiger partial charge in [0.2, 0.25) is 5.91 Å². The Bertz CT molecular complexity index is 1510. The number of piperazine rings is 1. The van der Waals surface area contributed by atoms with Gasteiger partial charge in [-0.2, -0.15) is 0 Å². The summed E-state index contributed by atoms with van der Waals surface area (Å²) in [6.07, 6.45) is 2.67. The number of hydrogen-bond acceptors (Lipinski definition) is 3. The topological polar surface area (TPSA) is 59.7 Å². The molecule has 2 saturated heterocycles. The number of nitrogens with one attached hydrogen (secondary N) is 1. The number of nitrogens with zero attached hydrogens (tertiary/aromatic N) is 3. The zero-order chi connectivity index (χ0) is 28.3. The molecule has 0 aliphatic carbocycles. The molecule has 2 fully saturated rings. The number of carbonyl (C=O) groups is 2. The number of fused-ring (bicyclic) bond motifs is 1. The lowest BCUT2D eigenvalue weighted by Gasteiger charge is -2.35. The molecule has 6 rings (SSSR count). The molecule has 6 nitrogen and oxygen atoms in total. The number of carbonyl (C=O) groups excluding carboxylic acids is 2. The number of H-pyrrole nitrogens is 1. The Hall–Kier alpha value is -3.61. The molecule has 0 radical (unpaired) electrons. The van der Waals surface area contributed by atoms with Crippen molar-refractivity contribution < 1.29 is 9.59 Å². The van der Waals surface area contributed by atoms with E-state index in [1.165, 1.54) is 16.7 Å². The number of halogens is 1. The minimum absolute atomic E-state index is 0. The van der Waals surface area contributed by atoms with Crippen LogP contribution >= 0.6 is 12.4 Å². The fourth-order valence-corrected chi connectivity index (χ4v) is 6.82. The van der Waals surface area contributed by atoms with Gasteiger partial charge in [-0.05, 0) is 74.0 Å². The lowest BCUT2D eigenvalue weighted by Crippen LogP contribution is -2.51. The number of benzene rings is 3. The van der Waals surface area contributed by atoms with Gasteiger partial charge in [0.15, 0.2) is 0 Å². The van der Waals surface area contributed by atoms with E-state index < -0.39 is 0 Å². The standard InChI is InChI=1S/C35H40N4O2.ClH/c1-25-9-8-10-26(2)33(25)28-15-17-37(18-16-28)24-30-29-13-6-7-14-31(29)36-34(30)35(41)39-21-19-38(20-22-39)32(40)23-27-11-4-3-5-12-27;/h3-14,28,36H,15-24H2,1-2H3;1H. The summed E-state index contributed by atoms with van der Waals surface area (Å²) in [5.74, 6) is 0.757. The average Bonchev–Trinajstić information content (AvgIpc) is 3.36. The summed E-state index contributed by atoms with van der Waals surface area (Å²) in [5.41, 5.74) is 8.15. The molecule has 0 spiro atoms. The molecule has 4 aromatic rings. The number of aromatic amines is 1. The van der Waals surface area contributed by atoms with Crippen LogP contribution in [-0.2, 0) is 17.8 Å². The summed E-state index contributed by atoms with van der Waals surface area (Å²) < 4.78 is 0. The maximum atomic E-state index is 13.9. The van der Waals surface area contributed by atoms with E-state index >= 15 is 0 Å². The lowest BCUT2D eigenvalue weighted by atomic mass is 9.84. The van der Waals surface area contributed by atoms with E-state index in [4.69, 9.17) is 0 Å². The zero-order valence-electron chi connectivity index (χ0n) is 24.6. The molecule has 3 aromatic carbocycles. The minimum Gasteiger partial charge on any atom is -0.350 e. The Morgan fingerprint density at radius 1 is 0.762 bits per heavy atom. The lowest BCUT2D eigenvalue weighted by molar-refractivity contribution is -0.131. The van der Waals surface area contributed by atoms with Gasteiger partial charge in [0.1, 0.15) is 5.69 Å². The van der Waals surface area contributed by atoms with Gasteiger partial charge in [0.25, 0.3) is 5.91 Å². The monoisotopic (exact) mass is 584 g/mol. The van der Waals surface area contributed by atoms with Crippen molar-refractivity contribution in [3.05, 3.63) is 106 Å². The summed E-state index contributed by atoms with van der Waals surface area (Å²) in [7, 11) is 0. The molecular weight excluding hydrogens is 544 g/mol. The maximum Gasteiger partial charge on any atom is 0.270 e. The third-order valence-corrected chi connectivity index (χ3v) is 9.06. The molecule has 0 atom stereocenters. The van der Waals surface area contributed by atoms with E-state index in [1.54, 1.807) is 0 Å². The highest BCUT2D eigenvalue weighted by atomic mass is 35.5. The van der Waals surface area contributed by atoms with Crippen LogP contribution in [0.2, 0.25) is 0 Å². The van der Waals surface area contributed by atoms with Gasteiger partial charge in [-0.3, -0.25) is 14.5 Å². The van der Waals surface area contributed by atoms with Crippen LogP contribution in [0.3, 0.4) is 0 Å². The van der Waals surface area contributed by atoms with Crippen molar-refractivity contribution in [2.75, 3.05) is 39.3 Å². The molecule has 0 unspecified atom stereocenters. The predicted octanol–water partition coefficient (Wildman–Crippen LogP) is 6.11. The van der Waals surface area contributed by atoms with Crippen LogP contribution in [0.4, 0.5) is 0 Å². The summed E-state index contributed by atoms with van der Waals surface area (Å²) >= 11 is 0. The molecular formula is C35H41ClN4O2. The second-order valence-corrected chi connectivity index (χ2v) is 11.7. The van der Waals surface area contributed by atoms with Crippen LogP contribution in [0.25, 0.3) is 10.9 Å². The van der Waals surface area contributed by atoms with E-state index in [-0.39, 0.29) is 24.2 Å². The highest BCUT2D eigenvalue weighted by Gasteiger charge is 2.30. The van der Waals surface area contributed by atoms with Crippen LogP contribution < -0.4 is 0 Å². The minimum atomic E-state index is 0. The van der Waals surface area contributed by atoms with Gasteiger partial charge >= 0.3 is 0 Å². The van der Waals surface area contributed by atoms with E-state index in [0.29, 0.717) is 44.2 Å². The third kappa shape index (κ3) is 6.25. The number of aryl methyl sites for hydroxylation is 2. The van der Waals surface area contributed by atoms with Crippen molar-refractivity contribution in [3.8, 4) is 0 Å². The number of para-hydroxylation sites is 1. The van der Waals surface area contributed by atoms with Crippen LogP contribution in [0.15, 0.2) is 72.8 Å². The highest BCUT2D eigenvalue weighted by Crippen LogP contribution is 2.34. The van der Waals surface area contributed by atoms with Gasteiger partial charge in [-0.25, -0.2) is 0 Å². The Balaban J connectivity index is 0.00000353. The molecule has 0 saturated carbocycles. The van der Waals surface area contributed by atoms with Crippen molar-refractivity contribution in [1.29, 1.82) is 0 Å². The summed E-state index contributed by atoms with van der Waals surface area (Å²) in [5, 5.41) is 1.13. The normalized spacial score (nSPS) is 16.4. The van der Waals surface area contributed by atoms with E-state index in [2.05, 4.69) is 60.1 Å². The van der Waals surface area contributed by atoms with Crippen molar-refractivity contribution in [2.24, 2.45) is 0 Å². The summed E-state index contributed by atoms with van der Waals surface area (Å²) in [6, 6.07) is 24.7. The maximum absolute atomic E-state index is 13.9. The molecule has 220 valence electrons. The molecule has 3 heterocycles. The van der Waals surface area contributed by atoms with Crippen LogP contribution in [0.5, 0.6) is 0 Å². The first-order valence-electron chi connectivity index (χ1n) is 15.0. The van der Waals surface area contributed by atoms with Crippen molar-refractivity contribution in [1.82, 2.24) is 19.7 Å². The molecule has 1 aromatic heterocycles. The molecule has 2 aliphatic rings. The fraction of sp³-hybridized carbons (Fsp3) is 0.371. The van der Waals surface area contributed by atoms with Crippen LogP contribution in [0.1, 0.15) is 57.1 Å². The number of aromatic nitrogens is 1. The number of likely N-dealkylation sites (tertiary alicyclic amines) is 1. The van der Waals surface area contributed by atoms with Gasteiger partial charge in [0.05, 0.1) is 6.42 Å². The summed E-state index contributed by atoms with van der Waals surface area (Å²) in [6.45, 7) is 9.51. The van der Waals surface area contributed by atoms with Crippen LogP contribution in [0, 0.1) is 13.8 Å². The van der Waals surface area contributed by atoms with Gasteiger partial charge in [-0.1, -0.05) is 66.7 Å². The average molecular weight is 585 g/mol. The zero-order valence-corrected chi connectivity index (χ0v) is 25.5. The first kappa shape index (κ1) is 29.9. The fourth-order valence-electron chi connectivity index (χ4n) is 6.82. The number of amides is 2. The largest absolute Gasteiger partial charge is 0.350 e. The highest BCUT2D eigenvalue weighted by molar-refractivity contribution is 6.01. The first-order valence-corrected chi connectivity index (χ1v) is 15.0. The second kappa shape index (κ2) is 13.1. The predicted molar refractivity (Wildman–Crippen MR) is 171 cm³/mol. The van der Waals surface area contributed by atoms with Crippen LogP contribution in [-0.4, -0.2) is 70.8 Å². The van der Waals surface area contributed by atoms with Gasteiger partial charge in [-0.15, -0.1) is 12.4 Å². The SMILES string of the molecule is Cc1cccc(C)c1C1CCN(Cc2c(C(=O)N3CCN(C(=O)Cc4ccccc4)CC3)[nH]c3ccccc23)CC1.Cl. The second-order valence-electron chi connectivity index (χ2n) is 11.7. The quantitative estimate of drug-likeness (QED) is 0.297. The van der Waals surface area contributed by atoms with E-state index in [1.807, 2.05) is 46.2 Å². The number of hydrogen-bond donors (Lipinski definition) is 1. The Morgan fingerprint density at radius 3 is 2.07 bits per heavy atom. The van der Waals surface area contributed by atoms with Gasteiger partial charge in [0, 0.05) is 49.2 Å². The van der Waals surface area contributed by atoms with Crippen molar-refractivity contribution in [2.45, 2.75) is 45.6 Å². The molecule has 2 amide bonds. The third-order valence-electron chi connectivity index (χ3n) is 9.06. The summed E-state index contributed by atoms with van der Waals surface area (Å²) in [4.78, 5) is 36.5. The Kier molecular flexibility index (Phi) is 9.34. The molecule has 7 heteroatoms. The van der Waals surface area contributed by atoms with Gasteiger partial charge < -0.3 is 14.8 Å². The van der Waals surface area contributed by atoms with Crippen molar-refractivity contribution >= 4 is 35.1 Å². The van der Waals surface area contributed by atoms with E-state index in [0.717, 1.165) is 54.5 Å². The van der Waals surface area contributed by atoms with Crippen molar-refractivity contribution in [3.63, 3.8) is 0 Å².